The maximum Gasteiger partial charge on any atom is 0.233 e. The van der Waals surface area contributed by atoms with E-state index in [1.165, 1.54) is 17.3 Å². The number of aromatic nitrogens is 3. The number of para-hydroxylation sites is 1. The molecule has 0 radical (unpaired) electrons. The number of thioether (sulfide) groups is 1. The molecule has 0 aliphatic carbocycles. The molecule has 0 bridgehead atoms. The summed E-state index contributed by atoms with van der Waals surface area (Å²) in [5.41, 5.74) is 3.14. The predicted octanol–water partition coefficient (Wildman–Crippen LogP) is 5.07. The zero-order valence-electron chi connectivity index (χ0n) is 18.9. The minimum Gasteiger partial charge on any atom is -0.497 e. The molecule has 6 nitrogen and oxygen atoms in total. The lowest BCUT2D eigenvalue weighted by Crippen LogP contribution is -2.36. The molecule has 0 saturated carbocycles. The first-order chi connectivity index (χ1) is 14.8. The van der Waals surface area contributed by atoms with Crippen molar-refractivity contribution in [1.29, 1.82) is 0 Å². The Labute approximate surface area is 188 Å². The van der Waals surface area contributed by atoms with Gasteiger partial charge in [0.15, 0.2) is 11.0 Å². The molecular formula is C24H30N4O2S. The van der Waals surface area contributed by atoms with E-state index in [2.05, 4.69) is 46.1 Å². The summed E-state index contributed by atoms with van der Waals surface area (Å²) < 4.78 is 7.35. The van der Waals surface area contributed by atoms with E-state index in [1.54, 1.807) is 7.11 Å². The second-order valence-electron chi connectivity index (χ2n) is 8.01. The van der Waals surface area contributed by atoms with Crippen molar-refractivity contribution in [3.8, 4) is 22.8 Å². The Kier molecular flexibility index (Phi) is 7.38. The van der Waals surface area contributed by atoms with Gasteiger partial charge in [-0.15, -0.1) is 10.2 Å². The van der Waals surface area contributed by atoms with Crippen LogP contribution in [0.15, 0.2) is 53.7 Å². The number of carbonyl (C=O) groups excluding carboxylic acids is 1. The molecule has 0 fully saturated rings. The normalized spacial score (nSPS) is 12.3. The summed E-state index contributed by atoms with van der Waals surface area (Å²) in [6.45, 7) is 10.1. The number of methoxy groups -OCH3 is 1. The standard InChI is InChI=1S/C24H30N4O2S/c1-15(2)20-9-7-8-10-21(20)28-22(18-11-13-19(30-6)14-12-18)26-27-24(28)31-17(5)23(29)25-16(3)4/h7-17H,1-6H3,(H,25,29). The summed E-state index contributed by atoms with van der Waals surface area (Å²) in [5, 5.41) is 12.3. The van der Waals surface area contributed by atoms with Crippen molar-refractivity contribution in [3.05, 3.63) is 54.1 Å². The topological polar surface area (TPSA) is 69.0 Å². The van der Waals surface area contributed by atoms with Crippen LogP contribution in [0, 0.1) is 0 Å². The van der Waals surface area contributed by atoms with Crippen molar-refractivity contribution in [3.63, 3.8) is 0 Å². The van der Waals surface area contributed by atoms with Crippen molar-refractivity contribution in [1.82, 2.24) is 20.1 Å². The van der Waals surface area contributed by atoms with Crippen molar-refractivity contribution < 1.29 is 9.53 Å². The molecule has 0 aliphatic rings. The van der Waals surface area contributed by atoms with Gasteiger partial charge < -0.3 is 10.1 Å². The van der Waals surface area contributed by atoms with Gasteiger partial charge in [0.1, 0.15) is 5.75 Å². The first kappa shape index (κ1) is 22.9. The first-order valence-electron chi connectivity index (χ1n) is 10.5. The molecule has 1 atom stereocenters. The fourth-order valence-corrected chi connectivity index (χ4v) is 4.15. The number of benzene rings is 2. The Bertz CT molecular complexity index is 1030. The van der Waals surface area contributed by atoms with Crippen LogP contribution in [0.5, 0.6) is 5.75 Å². The van der Waals surface area contributed by atoms with Gasteiger partial charge in [-0.2, -0.15) is 0 Å². The number of hydrogen-bond acceptors (Lipinski definition) is 5. The molecule has 0 spiro atoms. The lowest BCUT2D eigenvalue weighted by molar-refractivity contribution is -0.120. The van der Waals surface area contributed by atoms with E-state index in [4.69, 9.17) is 4.74 Å². The zero-order valence-corrected chi connectivity index (χ0v) is 19.7. The first-order valence-corrected chi connectivity index (χ1v) is 11.4. The Morgan fingerprint density at radius 3 is 2.29 bits per heavy atom. The number of carbonyl (C=O) groups is 1. The van der Waals surface area contributed by atoms with E-state index in [1.807, 2.05) is 57.2 Å². The highest BCUT2D eigenvalue weighted by Crippen LogP contribution is 2.34. The molecule has 164 valence electrons. The Balaban J connectivity index is 2.10. The number of hydrogen-bond donors (Lipinski definition) is 1. The van der Waals surface area contributed by atoms with Crippen LogP contribution in [0.2, 0.25) is 0 Å². The number of nitrogens with one attached hydrogen (secondary N) is 1. The maximum atomic E-state index is 12.5. The third kappa shape index (κ3) is 5.28. The molecule has 0 saturated heterocycles. The average molecular weight is 439 g/mol. The maximum absolute atomic E-state index is 12.5. The van der Waals surface area contributed by atoms with Crippen LogP contribution in [0.3, 0.4) is 0 Å². The number of amides is 1. The summed E-state index contributed by atoms with van der Waals surface area (Å²) >= 11 is 1.41. The van der Waals surface area contributed by atoms with Gasteiger partial charge in [0.2, 0.25) is 5.91 Å². The highest BCUT2D eigenvalue weighted by Gasteiger charge is 2.23. The quantitative estimate of drug-likeness (QED) is 0.497. The molecule has 2 aromatic carbocycles. The van der Waals surface area contributed by atoms with Gasteiger partial charge in [-0.25, -0.2) is 0 Å². The highest BCUT2D eigenvalue weighted by molar-refractivity contribution is 8.00. The molecule has 1 N–H and O–H groups in total. The molecule has 3 aromatic rings. The van der Waals surface area contributed by atoms with E-state index < -0.39 is 0 Å². The van der Waals surface area contributed by atoms with E-state index in [9.17, 15) is 4.79 Å². The molecule has 1 aromatic heterocycles. The van der Waals surface area contributed by atoms with Crippen LogP contribution >= 0.6 is 11.8 Å². The highest BCUT2D eigenvalue weighted by atomic mass is 32.2. The van der Waals surface area contributed by atoms with Crippen LogP contribution < -0.4 is 10.1 Å². The van der Waals surface area contributed by atoms with E-state index in [0.717, 1.165) is 22.8 Å². The predicted molar refractivity (Wildman–Crippen MR) is 126 cm³/mol. The lowest BCUT2D eigenvalue weighted by Gasteiger charge is -2.18. The fourth-order valence-electron chi connectivity index (χ4n) is 3.28. The van der Waals surface area contributed by atoms with Crippen LogP contribution in [-0.2, 0) is 4.79 Å². The Morgan fingerprint density at radius 1 is 1.00 bits per heavy atom. The molecule has 31 heavy (non-hydrogen) atoms. The van der Waals surface area contributed by atoms with Gasteiger partial charge in [-0.1, -0.05) is 43.8 Å². The molecule has 0 aliphatic heterocycles. The van der Waals surface area contributed by atoms with E-state index in [0.29, 0.717) is 11.1 Å². The molecular weight excluding hydrogens is 408 g/mol. The molecule has 1 amide bonds. The second kappa shape index (κ2) is 10.0. The third-order valence-electron chi connectivity index (χ3n) is 4.86. The lowest BCUT2D eigenvalue weighted by atomic mass is 10.0. The SMILES string of the molecule is COc1ccc(-c2nnc(SC(C)C(=O)NC(C)C)n2-c2ccccc2C(C)C)cc1. The van der Waals surface area contributed by atoms with Crippen LogP contribution in [0.4, 0.5) is 0 Å². The van der Waals surface area contributed by atoms with Gasteiger partial charge in [-0.05, 0) is 62.6 Å². The minimum absolute atomic E-state index is 0.0160. The molecule has 1 unspecified atom stereocenters. The van der Waals surface area contributed by atoms with Gasteiger partial charge in [0, 0.05) is 11.6 Å². The van der Waals surface area contributed by atoms with Gasteiger partial charge in [0.25, 0.3) is 0 Å². The summed E-state index contributed by atoms with van der Waals surface area (Å²) in [5.74, 6) is 1.82. The van der Waals surface area contributed by atoms with Crippen LogP contribution in [-0.4, -0.2) is 39.1 Å². The Hall–Kier alpha value is -2.80. The third-order valence-corrected chi connectivity index (χ3v) is 5.91. The van der Waals surface area contributed by atoms with Crippen LogP contribution in [0.1, 0.15) is 46.1 Å². The smallest absolute Gasteiger partial charge is 0.233 e. The molecule has 1 heterocycles. The average Bonchev–Trinajstić information content (AvgIpc) is 3.16. The van der Waals surface area contributed by atoms with Crippen molar-refractivity contribution in [2.24, 2.45) is 0 Å². The van der Waals surface area contributed by atoms with Gasteiger partial charge >= 0.3 is 0 Å². The van der Waals surface area contributed by atoms with Crippen LogP contribution in [0.25, 0.3) is 17.1 Å². The summed E-state index contributed by atoms with van der Waals surface area (Å²) in [6.07, 6.45) is 0. The summed E-state index contributed by atoms with van der Waals surface area (Å²) in [7, 11) is 1.65. The molecule has 3 rings (SSSR count). The van der Waals surface area contributed by atoms with Gasteiger partial charge in [0.05, 0.1) is 18.0 Å². The van der Waals surface area contributed by atoms with Crippen molar-refractivity contribution in [2.45, 2.75) is 57.0 Å². The van der Waals surface area contributed by atoms with E-state index in [-0.39, 0.29) is 17.2 Å². The summed E-state index contributed by atoms with van der Waals surface area (Å²) in [6, 6.07) is 16.1. The number of nitrogens with zero attached hydrogens (tertiary/aromatic N) is 3. The van der Waals surface area contributed by atoms with Crippen molar-refractivity contribution >= 4 is 17.7 Å². The zero-order chi connectivity index (χ0) is 22.5. The second-order valence-corrected chi connectivity index (χ2v) is 9.31. The summed E-state index contributed by atoms with van der Waals surface area (Å²) in [4.78, 5) is 12.5. The Morgan fingerprint density at radius 2 is 1.68 bits per heavy atom. The fraction of sp³-hybridized carbons (Fsp3) is 0.375. The monoisotopic (exact) mass is 438 g/mol. The largest absolute Gasteiger partial charge is 0.497 e. The number of rotatable bonds is 8. The molecule has 7 heteroatoms. The van der Waals surface area contributed by atoms with E-state index >= 15 is 0 Å². The van der Waals surface area contributed by atoms with Gasteiger partial charge in [-0.3, -0.25) is 9.36 Å². The number of ether oxygens (including phenoxy) is 1. The minimum atomic E-state index is -0.305. The van der Waals surface area contributed by atoms with Crippen molar-refractivity contribution in [2.75, 3.05) is 7.11 Å².